The van der Waals surface area contributed by atoms with Crippen LogP contribution in [0.3, 0.4) is 0 Å². The summed E-state index contributed by atoms with van der Waals surface area (Å²) in [5.41, 5.74) is 2.64. The van der Waals surface area contributed by atoms with Crippen LogP contribution in [0.25, 0.3) is 22.4 Å². The van der Waals surface area contributed by atoms with E-state index in [4.69, 9.17) is 19.8 Å². The van der Waals surface area contributed by atoms with Crippen molar-refractivity contribution in [2.45, 2.75) is 58.4 Å². The number of rotatable bonds is 10. The molecule has 10 nitrogen and oxygen atoms in total. The molecular weight excluding hydrogens is 520 g/mol. The number of hydrogen-bond acceptors (Lipinski definition) is 8. The third-order valence-electron chi connectivity index (χ3n) is 7.85. The van der Waals surface area contributed by atoms with Gasteiger partial charge >= 0.3 is 0 Å². The van der Waals surface area contributed by atoms with E-state index in [1.54, 1.807) is 13.0 Å². The lowest BCUT2D eigenvalue weighted by Crippen LogP contribution is -2.39. The maximum atomic E-state index is 12.7. The number of fused-ring (bicyclic) bond motifs is 1. The van der Waals surface area contributed by atoms with Gasteiger partial charge in [0.25, 0.3) is 0 Å². The lowest BCUT2D eigenvalue weighted by molar-refractivity contribution is -0.133. The predicted octanol–water partition coefficient (Wildman–Crippen LogP) is 3.94. The maximum absolute atomic E-state index is 12.7. The molecule has 5 rings (SSSR count). The van der Waals surface area contributed by atoms with Crippen LogP contribution in [0.5, 0.6) is 0 Å². The minimum atomic E-state index is -0.0191. The normalized spacial score (nSPS) is 16.5. The molecule has 216 valence electrons. The first-order valence-corrected chi connectivity index (χ1v) is 14.6. The molecule has 41 heavy (non-hydrogen) atoms. The van der Waals surface area contributed by atoms with Gasteiger partial charge in [0, 0.05) is 57.4 Å². The number of aromatic nitrogens is 4. The summed E-state index contributed by atoms with van der Waals surface area (Å²) in [7, 11) is 0. The van der Waals surface area contributed by atoms with Crippen LogP contribution in [0.2, 0.25) is 0 Å². The number of piperidine rings is 1. The number of anilines is 1. The van der Waals surface area contributed by atoms with Gasteiger partial charge in [-0.05, 0) is 31.4 Å². The van der Waals surface area contributed by atoms with E-state index >= 15 is 0 Å². The number of ether oxygens (including phenoxy) is 1. The SMILES string of the molecule is C/C=C/C(=O)CCC(=O)N1CCC(n2ncc3c(N4CCOCC4)nc(-c4ccc(CC(=O)CC)cc4)nc32)CC1. The minimum absolute atomic E-state index is 0.0191. The topological polar surface area (TPSA) is 111 Å². The van der Waals surface area contributed by atoms with Gasteiger partial charge in [-0.15, -0.1) is 0 Å². The number of likely N-dealkylation sites (tertiary alicyclic amines) is 1. The van der Waals surface area contributed by atoms with Crippen molar-refractivity contribution in [2.75, 3.05) is 44.3 Å². The van der Waals surface area contributed by atoms with Crippen molar-refractivity contribution in [3.05, 3.63) is 48.2 Å². The fourth-order valence-electron chi connectivity index (χ4n) is 5.46. The molecule has 1 aromatic carbocycles. The van der Waals surface area contributed by atoms with E-state index in [-0.39, 0.29) is 36.4 Å². The smallest absolute Gasteiger partial charge is 0.223 e. The summed E-state index contributed by atoms with van der Waals surface area (Å²) in [5, 5.41) is 5.68. The number of carbonyl (C=O) groups is 3. The van der Waals surface area contributed by atoms with Crippen LogP contribution < -0.4 is 4.90 Å². The molecule has 0 atom stereocenters. The van der Waals surface area contributed by atoms with Gasteiger partial charge in [0.2, 0.25) is 5.91 Å². The van der Waals surface area contributed by atoms with Gasteiger partial charge in [-0.3, -0.25) is 14.4 Å². The van der Waals surface area contributed by atoms with Gasteiger partial charge in [0.15, 0.2) is 17.3 Å². The number of carbonyl (C=O) groups excluding carboxylic acids is 3. The third kappa shape index (κ3) is 6.70. The molecule has 0 saturated carbocycles. The molecule has 3 aromatic rings. The molecule has 2 aromatic heterocycles. The van der Waals surface area contributed by atoms with Crippen molar-refractivity contribution >= 4 is 34.3 Å². The Bertz CT molecular complexity index is 1420. The van der Waals surface area contributed by atoms with Gasteiger partial charge < -0.3 is 14.5 Å². The molecule has 2 saturated heterocycles. The number of allylic oxidation sites excluding steroid dienone is 2. The second kappa shape index (κ2) is 13.2. The van der Waals surface area contributed by atoms with E-state index in [9.17, 15) is 14.4 Å². The molecule has 0 unspecified atom stereocenters. The van der Waals surface area contributed by atoms with E-state index < -0.39 is 0 Å². The van der Waals surface area contributed by atoms with Crippen LogP contribution >= 0.6 is 0 Å². The lowest BCUT2D eigenvalue weighted by atomic mass is 10.0. The zero-order valence-corrected chi connectivity index (χ0v) is 23.9. The highest BCUT2D eigenvalue weighted by molar-refractivity contribution is 5.92. The molecule has 0 radical (unpaired) electrons. The fourth-order valence-corrected chi connectivity index (χ4v) is 5.46. The highest BCUT2D eigenvalue weighted by atomic mass is 16.5. The number of ketones is 2. The molecule has 0 bridgehead atoms. The molecule has 2 aliphatic heterocycles. The number of benzene rings is 1. The Kier molecular flexibility index (Phi) is 9.18. The highest BCUT2D eigenvalue weighted by Gasteiger charge is 2.28. The maximum Gasteiger partial charge on any atom is 0.223 e. The van der Waals surface area contributed by atoms with Crippen LogP contribution in [0.15, 0.2) is 42.6 Å². The van der Waals surface area contributed by atoms with E-state index in [0.717, 1.165) is 53.9 Å². The van der Waals surface area contributed by atoms with Crippen LogP contribution in [-0.4, -0.2) is 81.5 Å². The van der Waals surface area contributed by atoms with Gasteiger partial charge in [-0.2, -0.15) is 5.10 Å². The van der Waals surface area contributed by atoms with Gasteiger partial charge in [-0.25, -0.2) is 14.6 Å². The summed E-state index contributed by atoms with van der Waals surface area (Å²) in [6.07, 6.45) is 8.04. The Morgan fingerprint density at radius 2 is 1.73 bits per heavy atom. The zero-order chi connectivity index (χ0) is 28.8. The number of morpholine rings is 1. The first-order valence-electron chi connectivity index (χ1n) is 14.6. The first kappa shape index (κ1) is 28.6. The van der Waals surface area contributed by atoms with Crippen molar-refractivity contribution in [1.82, 2.24) is 24.6 Å². The number of hydrogen-bond donors (Lipinski definition) is 0. The molecule has 4 heterocycles. The second-order valence-electron chi connectivity index (χ2n) is 10.6. The van der Waals surface area contributed by atoms with Gasteiger partial charge in [-0.1, -0.05) is 37.3 Å². The average molecular weight is 559 g/mol. The van der Waals surface area contributed by atoms with E-state index in [1.165, 1.54) is 6.08 Å². The Morgan fingerprint density at radius 1 is 1.00 bits per heavy atom. The Labute approximate surface area is 240 Å². The summed E-state index contributed by atoms with van der Waals surface area (Å²) in [6, 6.07) is 8.01. The van der Waals surface area contributed by atoms with Crippen LogP contribution in [0, 0.1) is 0 Å². The Morgan fingerprint density at radius 3 is 2.41 bits per heavy atom. The monoisotopic (exact) mass is 558 g/mol. The van der Waals surface area contributed by atoms with Crippen molar-refractivity contribution in [3.8, 4) is 11.4 Å². The Hall–Kier alpha value is -3.92. The third-order valence-corrected chi connectivity index (χ3v) is 7.85. The van der Waals surface area contributed by atoms with E-state index in [2.05, 4.69) is 4.90 Å². The molecule has 2 aliphatic rings. The molecular formula is C31H38N6O4. The van der Waals surface area contributed by atoms with Crippen LogP contribution in [0.4, 0.5) is 5.82 Å². The van der Waals surface area contributed by atoms with Crippen LogP contribution in [-0.2, 0) is 25.5 Å². The molecule has 0 aliphatic carbocycles. The Balaban J connectivity index is 1.39. The van der Waals surface area contributed by atoms with E-state index in [1.807, 2.05) is 47.0 Å². The lowest BCUT2D eigenvalue weighted by Gasteiger charge is -2.32. The molecule has 2 fully saturated rings. The molecule has 10 heteroatoms. The number of amides is 1. The van der Waals surface area contributed by atoms with Crippen molar-refractivity contribution < 1.29 is 19.1 Å². The average Bonchev–Trinajstić information content (AvgIpc) is 3.44. The first-order chi connectivity index (χ1) is 20.0. The second-order valence-corrected chi connectivity index (χ2v) is 10.6. The standard InChI is InChI=1S/C31H38N6O4/c1-3-5-26(39)10-11-28(40)35-14-12-24(13-15-35)37-31-27(21-32-37)30(36-16-18-41-19-17-36)33-29(34-31)23-8-6-22(7-9-23)20-25(38)4-2/h3,5-9,21,24H,4,10-20H2,1-2H3/b5-3+. The fraction of sp³-hybridized carbons (Fsp3) is 0.484. The summed E-state index contributed by atoms with van der Waals surface area (Å²) < 4.78 is 7.58. The van der Waals surface area contributed by atoms with E-state index in [0.29, 0.717) is 45.0 Å². The quantitative estimate of drug-likeness (QED) is 0.344. The minimum Gasteiger partial charge on any atom is -0.378 e. The molecule has 0 N–H and O–H groups in total. The highest BCUT2D eigenvalue weighted by Crippen LogP contribution is 2.32. The van der Waals surface area contributed by atoms with Gasteiger partial charge in [0.1, 0.15) is 11.6 Å². The summed E-state index contributed by atoms with van der Waals surface area (Å²) >= 11 is 0. The molecule has 1 amide bonds. The number of Topliss-reactive ketones (excluding diaryl/α,β-unsaturated/α-hetero) is 1. The largest absolute Gasteiger partial charge is 0.378 e. The van der Waals surface area contributed by atoms with Crippen LogP contribution in [0.1, 0.15) is 57.6 Å². The van der Waals surface area contributed by atoms with Crippen molar-refractivity contribution in [1.29, 1.82) is 0 Å². The summed E-state index contributed by atoms with van der Waals surface area (Å²) in [5.74, 6) is 1.68. The van der Waals surface area contributed by atoms with Gasteiger partial charge in [0.05, 0.1) is 30.8 Å². The zero-order valence-electron chi connectivity index (χ0n) is 23.9. The molecule has 0 spiro atoms. The number of nitrogens with zero attached hydrogens (tertiary/aromatic N) is 6. The van der Waals surface area contributed by atoms with Crippen molar-refractivity contribution in [2.24, 2.45) is 0 Å². The summed E-state index contributed by atoms with van der Waals surface area (Å²) in [4.78, 5) is 50.5. The van der Waals surface area contributed by atoms with Crippen molar-refractivity contribution in [3.63, 3.8) is 0 Å². The predicted molar refractivity (Wildman–Crippen MR) is 157 cm³/mol. The summed E-state index contributed by atoms with van der Waals surface area (Å²) in [6.45, 7) is 7.69.